The van der Waals surface area contributed by atoms with E-state index in [1.807, 2.05) is 0 Å². The molecule has 2 nitrogen and oxygen atoms in total. The van der Waals surface area contributed by atoms with E-state index < -0.39 is 0 Å². The molecular weight excluding hydrogens is 222 g/mol. The first-order chi connectivity index (χ1) is 8.79. The molecule has 2 unspecified atom stereocenters. The number of aryl methyl sites for hydroxylation is 1. The van der Waals surface area contributed by atoms with Crippen molar-refractivity contribution in [2.45, 2.75) is 51.7 Å². The van der Waals surface area contributed by atoms with Crippen LogP contribution in [0.2, 0.25) is 0 Å². The monoisotopic (exact) mass is 247 g/mol. The molecular formula is C16H25NO. The minimum Gasteiger partial charge on any atom is -0.378 e. The molecule has 1 aliphatic rings. The topological polar surface area (TPSA) is 21.3 Å². The van der Waals surface area contributed by atoms with Crippen molar-refractivity contribution in [1.29, 1.82) is 0 Å². The largest absolute Gasteiger partial charge is 0.378 e. The summed E-state index contributed by atoms with van der Waals surface area (Å²) in [7, 11) is 0. The van der Waals surface area contributed by atoms with Crippen LogP contribution in [0.3, 0.4) is 0 Å². The molecule has 18 heavy (non-hydrogen) atoms. The molecule has 1 saturated heterocycles. The van der Waals surface area contributed by atoms with Crippen LogP contribution in [0.5, 0.6) is 0 Å². The Labute approximate surface area is 111 Å². The Hall–Kier alpha value is -0.860. The van der Waals surface area contributed by atoms with Gasteiger partial charge in [0.2, 0.25) is 0 Å². The van der Waals surface area contributed by atoms with Gasteiger partial charge in [-0.3, -0.25) is 0 Å². The lowest BCUT2D eigenvalue weighted by Crippen LogP contribution is -2.28. The van der Waals surface area contributed by atoms with E-state index in [1.54, 1.807) is 0 Å². The van der Waals surface area contributed by atoms with E-state index in [-0.39, 0.29) is 0 Å². The van der Waals surface area contributed by atoms with Crippen molar-refractivity contribution in [3.8, 4) is 0 Å². The molecule has 0 amide bonds. The highest BCUT2D eigenvalue weighted by Gasteiger charge is 2.20. The highest BCUT2D eigenvalue weighted by molar-refractivity contribution is 5.24. The van der Waals surface area contributed by atoms with Gasteiger partial charge in [-0.05, 0) is 44.7 Å². The fraction of sp³-hybridized carbons (Fsp3) is 0.625. The van der Waals surface area contributed by atoms with Crippen molar-refractivity contribution in [3.63, 3.8) is 0 Å². The van der Waals surface area contributed by atoms with E-state index in [0.717, 1.165) is 19.6 Å². The molecule has 1 aliphatic heterocycles. The predicted molar refractivity (Wildman–Crippen MR) is 75.8 cm³/mol. The molecule has 0 aliphatic carbocycles. The summed E-state index contributed by atoms with van der Waals surface area (Å²) >= 11 is 0. The minimum absolute atomic E-state index is 0.429. The van der Waals surface area contributed by atoms with Gasteiger partial charge in [0.1, 0.15) is 0 Å². The highest BCUT2D eigenvalue weighted by atomic mass is 16.5. The molecule has 1 aromatic rings. The molecule has 1 N–H and O–H groups in total. The molecule has 1 aromatic carbocycles. The Morgan fingerprint density at radius 3 is 2.67 bits per heavy atom. The molecule has 0 bridgehead atoms. The smallest absolute Gasteiger partial charge is 0.0593 e. The van der Waals surface area contributed by atoms with Gasteiger partial charge in [0.15, 0.2) is 0 Å². The maximum atomic E-state index is 5.86. The zero-order valence-corrected chi connectivity index (χ0v) is 11.6. The Kier molecular flexibility index (Phi) is 5.21. The summed E-state index contributed by atoms with van der Waals surface area (Å²) in [6, 6.07) is 9.30. The minimum atomic E-state index is 0.429. The lowest BCUT2D eigenvalue weighted by atomic mass is 9.96. The average Bonchev–Trinajstić information content (AvgIpc) is 2.40. The second kappa shape index (κ2) is 6.91. The van der Waals surface area contributed by atoms with Crippen LogP contribution in [0.15, 0.2) is 24.3 Å². The molecule has 2 rings (SSSR count). The normalized spacial score (nSPS) is 21.8. The lowest BCUT2D eigenvalue weighted by molar-refractivity contribution is 0.00514. The van der Waals surface area contributed by atoms with Crippen LogP contribution in [-0.4, -0.2) is 19.3 Å². The predicted octanol–water partition coefficient (Wildman–Crippen LogP) is 3.60. The van der Waals surface area contributed by atoms with Crippen LogP contribution in [-0.2, 0) is 4.74 Å². The average molecular weight is 247 g/mol. The summed E-state index contributed by atoms with van der Waals surface area (Å²) in [4.78, 5) is 0. The second-order valence-electron chi connectivity index (χ2n) is 5.25. The standard InChI is InChI=1S/C16H25NO/c1-3-17-16(12-15-6-4-5-11-18-15)14-9-7-13(2)8-10-14/h7-10,15-17H,3-6,11-12H2,1-2H3. The van der Waals surface area contributed by atoms with E-state index in [0.29, 0.717) is 12.1 Å². The zero-order valence-electron chi connectivity index (χ0n) is 11.6. The number of ether oxygens (including phenoxy) is 1. The Balaban J connectivity index is 2.00. The van der Waals surface area contributed by atoms with Gasteiger partial charge >= 0.3 is 0 Å². The number of nitrogens with one attached hydrogen (secondary N) is 1. The van der Waals surface area contributed by atoms with E-state index >= 15 is 0 Å². The quantitative estimate of drug-likeness (QED) is 0.858. The summed E-state index contributed by atoms with van der Waals surface area (Å²) in [5.74, 6) is 0. The lowest BCUT2D eigenvalue weighted by Gasteiger charge is -2.27. The van der Waals surface area contributed by atoms with Gasteiger partial charge < -0.3 is 10.1 Å². The van der Waals surface area contributed by atoms with E-state index in [4.69, 9.17) is 4.74 Å². The summed E-state index contributed by atoms with van der Waals surface area (Å²) in [5.41, 5.74) is 2.71. The Bertz CT molecular complexity index is 341. The molecule has 0 spiro atoms. The third-order valence-corrected chi connectivity index (χ3v) is 3.70. The van der Waals surface area contributed by atoms with Gasteiger partial charge in [0.05, 0.1) is 6.10 Å². The van der Waals surface area contributed by atoms with Gasteiger partial charge in [-0.1, -0.05) is 36.8 Å². The maximum Gasteiger partial charge on any atom is 0.0593 e. The number of hydrogen-bond donors (Lipinski definition) is 1. The molecule has 0 aromatic heterocycles. The van der Waals surface area contributed by atoms with Crippen LogP contribution in [0, 0.1) is 6.92 Å². The van der Waals surface area contributed by atoms with Crippen molar-refractivity contribution in [2.24, 2.45) is 0 Å². The molecule has 1 fully saturated rings. The van der Waals surface area contributed by atoms with Crippen molar-refractivity contribution >= 4 is 0 Å². The zero-order chi connectivity index (χ0) is 12.8. The van der Waals surface area contributed by atoms with E-state index in [9.17, 15) is 0 Å². The van der Waals surface area contributed by atoms with Crippen LogP contribution in [0.25, 0.3) is 0 Å². The summed E-state index contributed by atoms with van der Waals surface area (Å²) in [5, 5.41) is 3.59. The third-order valence-electron chi connectivity index (χ3n) is 3.70. The van der Waals surface area contributed by atoms with Crippen LogP contribution in [0.1, 0.15) is 49.8 Å². The molecule has 2 heteroatoms. The first kappa shape index (κ1) is 13.6. The first-order valence-corrected chi connectivity index (χ1v) is 7.21. The maximum absolute atomic E-state index is 5.86. The van der Waals surface area contributed by atoms with Crippen LogP contribution >= 0.6 is 0 Å². The molecule has 0 saturated carbocycles. The van der Waals surface area contributed by atoms with Crippen LogP contribution in [0.4, 0.5) is 0 Å². The number of benzene rings is 1. The molecule has 100 valence electrons. The van der Waals surface area contributed by atoms with Crippen LogP contribution < -0.4 is 5.32 Å². The highest BCUT2D eigenvalue weighted by Crippen LogP contribution is 2.25. The molecule has 0 radical (unpaired) electrons. The fourth-order valence-corrected chi connectivity index (χ4v) is 2.64. The Morgan fingerprint density at radius 2 is 2.06 bits per heavy atom. The van der Waals surface area contributed by atoms with Crippen molar-refractivity contribution in [3.05, 3.63) is 35.4 Å². The van der Waals surface area contributed by atoms with Gasteiger partial charge in [0, 0.05) is 12.6 Å². The fourth-order valence-electron chi connectivity index (χ4n) is 2.64. The SMILES string of the molecule is CCNC(CC1CCCCO1)c1ccc(C)cc1. The van der Waals surface area contributed by atoms with Gasteiger partial charge in [-0.25, -0.2) is 0 Å². The third kappa shape index (κ3) is 3.82. The summed E-state index contributed by atoms with van der Waals surface area (Å²) in [6.07, 6.45) is 5.29. The number of hydrogen-bond acceptors (Lipinski definition) is 2. The van der Waals surface area contributed by atoms with Gasteiger partial charge in [0.25, 0.3) is 0 Å². The Morgan fingerprint density at radius 1 is 1.28 bits per heavy atom. The molecule has 1 heterocycles. The van der Waals surface area contributed by atoms with Gasteiger partial charge in [-0.2, -0.15) is 0 Å². The summed E-state index contributed by atoms with van der Waals surface area (Å²) < 4.78 is 5.86. The first-order valence-electron chi connectivity index (χ1n) is 7.21. The van der Waals surface area contributed by atoms with E-state index in [2.05, 4.69) is 43.4 Å². The second-order valence-corrected chi connectivity index (χ2v) is 5.25. The van der Waals surface area contributed by atoms with Crippen molar-refractivity contribution < 1.29 is 4.74 Å². The number of rotatable bonds is 5. The van der Waals surface area contributed by atoms with E-state index in [1.165, 1.54) is 30.4 Å². The van der Waals surface area contributed by atoms with Crippen molar-refractivity contribution in [2.75, 3.05) is 13.2 Å². The van der Waals surface area contributed by atoms with Crippen molar-refractivity contribution in [1.82, 2.24) is 5.32 Å². The summed E-state index contributed by atoms with van der Waals surface area (Å²) in [6.45, 7) is 6.25. The van der Waals surface area contributed by atoms with Gasteiger partial charge in [-0.15, -0.1) is 0 Å². The molecule has 2 atom stereocenters.